The topological polar surface area (TPSA) is 441 Å². The van der Waals surface area contributed by atoms with Crippen LogP contribution in [-0.2, 0) is 0 Å². The van der Waals surface area contributed by atoms with Crippen LogP contribution >= 0.6 is 110 Å². The van der Waals surface area contributed by atoms with Crippen molar-refractivity contribution >= 4 is 227 Å². The van der Waals surface area contributed by atoms with Crippen molar-refractivity contribution in [2.75, 3.05) is 117 Å². The number of rotatable bonds is 24. The Bertz CT molecular complexity index is 6510. The highest BCUT2D eigenvalue weighted by atomic mass is 79.9. The number of methoxy groups -OCH3 is 4. The van der Waals surface area contributed by atoms with E-state index >= 15 is 0 Å². The van der Waals surface area contributed by atoms with Gasteiger partial charge in [0.05, 0.1) is 80.0 Å². The van der Waals surface area contributed by atoms with Crippen LogP contribution in [0, 0.1) is 16.2 Å². The van der Waals surface area contributed by atoms with Gasteiger partial charge in [-0.3, -0.25) is 59.6 Å². The lowest BCUT2D eigenvalue weighted by Crippen LogP contribution is -2.35. The van der Waals surface area contributed by atoms with E-state index in [1.54, 1.807) is 146 Å². The van der Waals surface area contributed by atoms with E-state index in [0.717, 1.165) is 105 Å². The van der Waals surface area contributed by atoms with Gasteiger partial charge in [-0.1, -0.05) is 94.9 Å². The van der Waals surface area contributed by atoms with E-state index < -0.39 is 47.3 Å². The van der Waals surface area contributed by atoms with Gasteiger partial charge in [0.25, 0.3) is 47.3 Å². The van der Waals surface area contributed by atoms with Gasteiger partial charge in [-0.2, -0.15) is 0 Å². The van der Waals surface area contributed by atoms with Gasteiger partial charge in [-0.15, -0.1) is 0 Å². The normalized spacial score (nSPS) is 12.3. The molecule has 4 aromatic heterocycles. The average molecular weight is 2170 g/mol. The molecule has 2 fully saturated rings. The lowest BCUT2D eigenvalue weighted by atomic mass is 10.1. The molecule has 12 aromatic rings. The Labute approximate surface area is 835 Å². The highest BCUT2D eigenvalue weighted by molar-refractivity contribution is 9.11. The van der Waals surface area contributed by atoms with Crippen LogP contribution in [0.2, 0.25) is 20.1 Å². The number of likely N-dealkylation sites (N-methyl/N-ethyl adjacent to an activating group) is 1. The van der Waals surface area contributed by atoms with Crippen molar-refractivity contribution in [2.24, 2.45) is 10.7 Å². The van der Waals surface area contributed by atoms with Gasteiger partial charge in [-0.05, 0) is 217 Å². The number of hydrogen-bond acceptors (Lipinski definition) is 21. The molecule has 0 unspecified atom stereocenters. The molecule has 13 N–H and O–H groups in total. The maximum atomic E-state index is 13.1. The summed E-state index contributed by atoms with van der Waals surface area (Å²) in [5, 5.41) is 47.2. The number of amidine groups is 4. The second-order valence-electron chi connectivity index (χ2n) is 30.0. The smallest absolute Gasteiger partial charge is 0.259 e. The number of amides is 8. The van der Waals surface area contributed by atoms with Gasteiger partial charge in [0, 0.05) is 171 Å². The van der Waals surface area contributed by atoms with Gasteiger partial charge in [0.15, 0.2) is 0 Å². The molecule has 40 heteroatoms. The minimum Gasteiger partial charge on any atom is -0.494 e. The van der Waals surface area contributed by atoms with Crippen molar-refractivity contribution in [1.82, 2.24) is 34.6 Å². The molecule has 2 saturated heterocycles. The maximum absolute atomic E-state index is 13.1. The number of anilines is 8. The Hall–Kier alpha value is -13.7. The van der Waals surface area contributed by atoms with E-state index in [-0.39, 0.29) is 93.9 Å². The number of halogens is 8. The zero-order valence-electron chi connectivity index (χ0n) is 73.1. The number of pyridine rings is 4. The van der Waals surface area contributed by atoms with Crippen LogP contribution in [0.4, 0.5) is 46.0 Å². The average Bonchev–Trinajstić information content (AvgIpc) is 1.20. The van der Waals surface area contributed by atoms with E-state index in [1.165, 1.54) is 95.5 Å². The number of nitrogen functional groups attached to an aromatic ring is 1. The zero-order chi connectivity index (χ0) is 97.4. The molecule has 0 aliphatic carbocycles. The molecule has 0 saturated carbocycles. The standard InChI is InChI=1S/C26H25BrClN5O3.C25H23BrClN5O3.C24H21BrClN5O3.C21H17BrClN5O3/c1-36-21-14-19(28)13-20(26(35)31-22-10-9-18(27)15-30-22)23(21)32-25(34)17-7-5-16(6-8-17)24(29)33-11-3-2-4-12-33;1-35-20-13-18(27)12-19(25(34)30-21-9-8-17(26)14-29-21)22(20)31-24(33)16-6-4-15(5-7-16)23(28)32-10-2-3-11-32;1-31-10-9-27-22(31)14-3-5-15(6-4-14)23(32)30-21-18(11-17(26)12-19(21)34-2)24(33)29-20-8-7-16(25)13-28-20;1-31-16-9-14(23)8-15(21(30)27-17-7-6-13(22)10-26-17)18(16)28-20(29)12-4-2-11(3-5-12)19(24)25/h5-10,13-15,29H,2-4,11-12H2,1H3,(H,32,34)(H,30,31,35);4-9,12-14,28H,2-3,10-11H2,1H3,(H,31,33)(H,29,30,34);3-8,11-13H,9-10H2,1-2H3,(H,30,32)(H,28,29,33);2-10H,1H3,(H3,24,25)(H,28,29)(H,26,27,30). The molecule has 136 heavy (non-hydrogen) atoms. The molecule has 3 aliphatic rings. The number of aromatic nitrogens is 4. The minimum atomic E-state index is -0.530. The molecule has 7 heterocycles. The molecular weight excluding hydrogens is 2090 g/mol. The summed E-state index contributed by atoms with van der Waals surface area (Å²) in [5.41, 5.74) is 11.1. The summed E-state index contributed by atoms with van der Waals surface area (Å²) in [4.78, 5) is 131. The van der Waals surface area contributed by atoms with Gasteiger partial charge >= 0.3 is 0 Å². The molecule has 0 radical (unpaired) electrons. The van der Waals surface area contributed by atoms with Crippen LogP contribution in [0.1, 0.15) is 137 Å². The van der Waals surface area contributed by atoms with Gasteiger partial charge in [0.2, 0.25) is 0 Å². The van der Waals surface area contributed by atoms with Crippen LogP contribution in [0.3, 0.4) is 0 Å². The number of aliphatic imine (C=N–C) groups is 1. The number of nitrogens with zero attached hydrogens (tertiary/aromatic N) is 8. The fourth-order valence-electron chi connectivity index (χ4n) is 13.9. The summed E-state index contributed by atoms with van der Waals surface area (Å²) in [5.74, 6) is 0.233. The van der Waals surface area contributed by atoms with Crippen LogP contribution in [-0.4, -0.2) is 180 Å². The van der Waals surface area contributed by atoms with E-state index in [2.05, 4.69) is 141 Å². The lowest BCUT2D eigenvalue weighted by molar-refractivity contribution is 0.101. The van der Waals surface area contributed by atoms with Gasteiger partial charge in [-0.25, -0.2) is 19.9 Å². The summed E-state index contributed by atoms with van der Waals surface area (Å²) in [6.45, 7) is 5.12. The van der Waals surface area contributed by atoms with Crippen molar-refractivity contribution in [3.63, 3.8) is 0 Å². The molecular formula is C96H86Br4Cl4N20O12. The van der Waals surface area contributed by atoms with Crippen molar-refractivity contribution < 1.29 is 57.3 Å². The third-order valence-corrected chi connectivity index (χ3v) is 23.6. The van der Waals surface area contributed by atoms with Crippen LogP contribution < -0.4 is 67.2 Å². The molecule has 15 rings (SSSR count). The molecule has 3 aliphatic heterocycles. The number of carbonyl (C=O) groups is 8. The minimum absolute atomic E-state index is 0.0998. The van der Waals surface area contributed by atoms with Crippen LogP contribution in [0.15, 0.2) is 242 Å². The Morgan fingerprint density at radius 2 is 0.581 bits per heavy atom. The third-order valence-electron chi connectivity index (χ3n) is 20.8. The maximum Gasteiger partial charge on any atom is 0.259 e. The second-order valence-corrected chi connectivity index (χ2v) is 35.4. The molecule has 8 aromatic carbocycles. The molecule has 8 amide bonds. The van der Waals surface area contributed by atoms with E-state index in [1.807, 2.05) is 24.1 Å². The number of nitrogens with one attached hydrogen (secondary N) is 11. The first kappa shape index (κ1) is 101. The monoisotopic (exact) mass is 2170 g/mol. The van der Waals surface area contributed by atoms with Crippen molar-refractivity contribution in [1.29, 1.82) is 16.2 Å². The highest BCUT2D eigenvalue weighted by Gasteiger charge is 2.29. The van der Waals surface area contributed by atoms with Gasteiger partial charge in [0.1, 0.15) is 69.6 Å². The Morgan fingerprint density at radius 1 is 0.331 bits per heavy atom. The van der Waals surface area contributed by atoms with Crippen LogP contribution in [0.5, 0.6) is 23.0 Å². The highest BCUT2D eigenvalue weighted by Crippen LogP contribution is 2.39. The first-order chi connectivity index (χ1) is 65.3. The zero-order valence-corrected chi connectivity index (χ0v) is 82.5. The predicted molar refractivity (Wildman–Crippen MR) is 544 cm³/mol. The number of ether oxygens (including phenoxy) is 4. The predicted octanol–water partition coefficient (Wildman–Crippen LogP) is 20.3. The molecule has 698 valence electrons. The van der Waals surface area contributed by atoms with E-state index in [0.29, 0.717) is 62.8 Å². The Balaban J connectivity index is 0.000000163. The fourth-order valence-corrected chi connectivity index (χ4v) is 15.6. The van der Waals surface area contributed by atoms with Crippen molar-refractivity contribution in [3.05, 3.63) is 324 Å². The number of carbonyl (C=O) groups excluding carboxylic acids is 8. The molecule has 0 bridgehead atoms. The Morgan fingerprint density at radius 3 is 0.816 bits per heavy atom. The fraction of sp³-hybridized carbons (Fsp3) is 0.167. The third kappa shape index (κ3) is 27.1. The second kappa shape index (κ2) is 48.0. The summed E-state index contributed by atoms with van der Waals surface area (Å²) in [6.07, 6.45) is 11.8. The largest absolute Gasteiger partial charge is 0.494 e. The Kier molecular flexibility index (Phi) is 35.7. The van der Waals surface area contributed by atoms with E-state index in [4.69, 9.17) is 87.3 Å². The number of benzene rings is 8. The van der Waals surface area contributed by atoms with Crippen molar-refractivity contribution in [3.8, 4) is 23.0 Å². The first-order valence-electron chi connectivity index (χ1n) is 41.5. The van der Waals surface area contributed by atoms with E-state index in [9.17, 15) is 38.4 Å². The molecule has 0 spiro atoms. The summed E-state index contributed by atoms with van der Waals surface area (Å²) < 4.78 is 24.6. The SMILES string of the molecule is COc1cc(Cl)cc(C(=O)Nc2ccc(Br)cn2)c1NC(=O)c1ccc(C(=N)N)cc1.COc1cc(Cl)cc(C(=O)Nc2ccc(Br)cn2)c1NC(=O)c1ccc(C(=N)N2CCCC2)cc1.COc1cc(Cl)cc(C(=O)Nc2ccc(Br)cn2)c1NC(=O)c1ccc(C(=N)N2CCCCC2)cc1.COc1cc(Cl)cc(C(=O)Nc2ccc(Br)cn2)c1NC(=O)c1ccc(C2=NCCN2C)cc1. The van der Waals surface area contributed by atoms with Gasteiger partial charge < -0.3 is 81.9 Å². The molecule has 0 atom stereocenters. The number of nitrogens with two attached hydrogens (primary N) is 1. The summed E-state index contributed by atoms with van der Waals surface area (Å²) >= 11 is 38.0. The lowest BCUT2D eigenvalue weighted by Gasteiger charge is -2.29. The number of hydrogen-bond donors (Lipinski definition) is 12. The van der Waals surface area contributed by atoms with Crippen molar-refractivity contribution in [2.45, 2.75) is 32.1 Å². The summed E-state index contributed by atoms with van der Waals surface area (Å²) in [6, 6.07) is 52.4. The summed E-state index contributed by atoms with van der Waals surface area (Å²) in [7, 11) is 7.68. The molecule has 32 nitrogen and oxygen atoms in total. The quantitative estimate of drug-likeness (QED) is 0.0197. The first-order valence-corrected chi connectivity index (χ1v) is 46.2. The number of likely N-dealkylation sites (tertiary alicyclic amines) is 2. The number of piperidine rings is 1. The van der Waals surface area contributed by atoms with Crippen LogP contribution in [0.25, 0.3) is 0 Å².